The SMILES string of the molecule is N#C[C@@]1(O)CCN(c2ccnc(Nc3cc(C(F)(F)F)ccn3)c2)C1=O. The van der Waals surface area contributed by atoms with Gasteiger partial charge in [0, 0.05) is 37.1 Å². The molecule has 2 N–H and O–H groups in total. The molecule has 1 atom stereocenters. The summed E-state index contributed by atoms with van der Waals surface area (Å²) in [4.78, 5) is 21.2. The zero-order chi connectivity index (χ0) is 18.9. The van der Waals surface area contributed by atoms with Gasteiger partial charge in [0.05, 0.1) is 5.56 Å². The van der Waals surface area contributed by atoms with Gasteiger partial charge in [-0.25, -0.2) is 9.97 Å². The molecule has 1 amide bonds. The highest BCUT2D eigenvalue weighted by atomic mass is 19.4. The van der Waals surface area contributed by atoms with Crippen LogP contribution in [0.5, 0.6) is 0 Å². The van der Waals surface area contributed by atoms with E-state index in [4.69, 9.17) is 5.26 Å². The van der Waals surface area contributed by atoms with E-state index in [0.29, 0.717) is 5.69 Å². The molecule has 0 bridgehead atoms. The highest BCUT2D eigenvalue weighted by Crippen LogP contribution is 2.31. The van der Waals surface area contributed by atoms with Crippen LogP contribution in [-0.4, -0.2) is 33.1 Å². The van der Waals surface area contributed by atoms with Crippen molar-refractivity contribution in [3.05, 3.63) is 42.2 Å². The third kappa shape index (κ3) is 3.29. The molecule has 2 aromatic rings. The fourth-order valence-corrected chi connectivity index (χ4v) is 2.52. The van der Waals surface area contributed by atoms with Gasteiger partial charge < -0.3 is 15.3 Å². The monoisotopic (exact) mass is 363 g/mol. The predicted molar refractivity (Wildman–Crippen MR) is 84.3 cm³/mol. The third-order valence-electron chi connectivity index (χ3n) is 3.88. The number of nitrogens with zero attached hydrogens (tertiary/aromatic N) is 4. The number of aliphatic hydroxyl groups is 1. The van der Waals surface area contributed by atoms with Gasteiger partial charge in [0.2, 0.25) is 5.60 Å². The number of aromatic nitrogens is 2. The number of anilines is 3. The number of halogens is 3. The Kier molecular flexibility index (Phi) is 4.25. The van der Waals surface area contributed by atoms with E-state index in [1.54, 1.807) is 6.07 Å². The number of rotatable bonds is 3. The average molecular weight is 363 g/mol. The van der Waals surface area contributed by atoms with Crippen molar-refractivity contribution in [3.8, 4) is 6.07 Å². The maximum Gasteiger partial charge on any atom is 0.416 e. The van der Waals surface area contributed by atoms with Crippen molar-refractivity contribution in [3.63, 3.8) is 0 Å². The fraction of sp³-hybridized carbons (Fsp3) is 0.250. The molecule has 7 nitrogen and oxygen atoms in total. The molecule has 1 aliphatic rings. The minimum atomic E-state index is -4.50. The lowest BCUT2D eigenvalue weighted by molar-refractivity contribution is -0.137. The number of amides is 1. The van der Waals surface area contributed by atoms with Gasteiger partial charge in [-0.05, 0) is 18.2 Å². The molecule has 134 valence electrons. The van der Waals surface area contributed by atoms with Gasteiger partial charge in [-0.3, -0.25) is 4.79 Å². The number of carbonyl (C=O) groups is 1. The van der Waals surface area contributed by atoms with E-state index in [1.165, 1.54) is 23.2 Å². The summed E-state index contributed by atoms with van der Waals surface area (Å²) in [7, 11) is 0. The molecule has 3 rings (SSSR count). The van der Waals surface area contributed by atoms with E-state index in [9.17, 15) is 23.1 Å². The van der Waals surface area contributed by atoms with Crippen LogP contribution in [0.15, 0.2) is 36.7 Å². The molecule has 0 aliphatic carbocycles. The Bertz CT molecular complexity index is 896. The topological polar surface area (TPSA) is 102 Å². The molecule has 0 radical (unpaired) electrons. The van der Waals surface area contributed by atoms with E-state index in [2.05, 4.69) is 15.3 Å². The van der Waals surface area contributed by atoms with Gasteiger partial charge in [0.25, 0.3) is 5.91 Å². The van der Waals surface area contributed by atoms with E-state index >= 15 is 0 Å². The Hall–Kier alpha value is -3.19. The zero-order valence-corrected chi connectivity index (χ0v) is 13.2. The van der Waals surface area contributed by atoms with Crippen molar-refractivity contribution in [2.24, 2.45) is 0 Å². The molecule has 3 heterocycles. The first-order chi connectivity index (χ1) is 12.2. The van der Waals surface area contributed by atoms with Crippen LogP contribution in [0.25, 0.3) is 0 Å². The summed E-state index contributed by atoms with van der Waals surface area (Å²) in [6.45, 7) is 0.133. The normalized spacial score (nSPS) is 20.1. The summed E-state index contributed by atoms with van der Waals surface area (Å²) in [5.74, 6) is -0.658. The Labute approximate surface area is 145 Å². The summed E-state index contributed by atoms with van der Waals surface area (Å²) < 4.78 is 38.3. The number of hydrogen-bond donors (Lipinski definition) is 2. The highest BCUT2D eigenvalue weighted by molar-refractivity contribution is 6.03. The molecule has 10 heteroatoms. The van der Waals surface area contributed by atoms with Crippen LogP contribution in [0.2, 0.25) is 0 Å². The molecule has 0 saturated carbocycles. The molecule has 1 aliphatic heterocycles. The van der Waals surface area contributed by atoms with Crippen LogP contribution in [0.4, 0.5) is 30.5 Å². The molecule has 1 saturated heterocycles. The van der Waals surface area contributed by atoms with Crippen molar-refractivity contribution in [2.45, 2.75) is 18.2 Å². The Morgan fingerprint density at radius 3 is 2.50 bits per heavy atom. The lowest BCUT2D eigenvalue weighted by atomic mass is 10.1. The van der Waals surface area contributed by atoms with Crippen LogP contribution < -0.4 is 10.2 Å². The summed E-state index contributed by atoms with van der Waals surface area (Å²) in [5, 5.41) is 21.5. The minimum absolute atomic E-state index is 0.0391. The van der Waals surface area contributed by atoms with Crippen molar-refractivity contribution in [1.82, 2.24) is 9.97 Å². The number of nitrogens with one attached hydrogen (secondary N) is 1. The van der Waals surface area contributed by atoms with Crippen LogP contribution in [-0.2, 0) is 11.0 Å². The molecule has 0 spiro atoms. The first-order valence-electron chi connectivity index (χ1n) is 7.45. The Morgan fingerprint density at radius 1 is 1.23 bits per heavy atom. The number of pyridine rings is 2. The second-order valence-corrected chi connectivity index (χ2v) is 5.63. The largest absolute Gasteiger partial charge is 0.416 e. The standard InChI is InChI=1S/C16H12F3N5O2/c17-16(18,19)10-1-4-21-12(7-10)23-13-8-11(2-5-22-13)24-6-3-15(26,9-20)14(24)25/h1-2,4-5,7-8,26H,3,6H2,(H,21,22,23)/t15-/m0/s1. The second kappa shape index (κ2) is 6.27. The number of hydrogen-bond acceptors (Lipinski definition) is 6. The van der Waals surface area contributed by atoms with Gasteiger partial charge >= 0.3 is 6.18 Å². The van der Waals surface area contributed by atoms with E-state index in [0.717, 1.165) is 18.3 Å². The molecule has 0 aromatic carbocycles. The van der Waals surface area contributed by atoms with Crippen molar-refractivity contribution < 1.29 is 23.1 Å². The van der Waals surface area contributed by atoms with E-state index in [1.807, 2.05) is 0 Å². The lowest BCUT2D eigenvalue weighted by Gasteiger charge is -2.18. The average Bonchev–Trinajstić information content (AvgIpc) is 2.91. The lowest BCUT2D eigenvalue weighted by Crippen LogP contribution is -2.38. The number of alkyl halides is 3. The molecule has 2 aromatic heterocycles. The van der Waals surface area contributed by atoms with E-state index in [-0.39, 0.29) is 24.6 Å². The molecule has 0 unspecified atom stereocenters. The summed E-state index contributed by atoms with van der Waals surface area (Å²) in [5.41, 5.74) is -2.58. The Balaban J connectivity index is 1.83. The summed E-state index contributed by atoms with van der Waals surface area (Å²) in [6, 6.07) is 6.18. The number of carbonyl (C=O) groups excluding carboxylic acids is 1. The van der Waals surface area contributed by atoms with Crippen LogP contribution in [0.3, 0.4) is 0 Å². The molecule has 26 heavy (non-hydrogen) atoms. The van der Waals surface area contributed by atoms with E-state index < -0.39 is 23.2 Å². The van der Waals surface area contributed by atoms with Gasteiger partial charge in [0.1, 0.15) is 17.7 Å². The van der Waals surface area contributed by atoms with Gasteiger partial charge in [-0.15, -0.1) is 0 Å². The predicted octanol–water partition coefficient (Wildman–Crippen LogP) is 2.23. The minimum Gasteiger partial charge on any atom is -0.368 e. The summed E-state index contributed by atoms with van der Waals surface area (Å²) in [6.07, 6.45) is -2.17. The van der Waals surface area contributed by atoms with Crippen LogP contribution in [0.1, 0.15) is 12.0 Å². The van der Waals surface area contributed by atoms with Crippen LogP contribution in [0, 0.1) is 11.3 Å². The first-order valence-corrected chi connectivity index (χ1v) is 7.45. The van der Waals surface area contributed by atoms with Crippen molar-refractivity contribution in [1.29, 1.82) is 5.26 Å². The maximum atomic E-state index is 12.8. The van der Waals surface area contributed by atoms with Gasteiger partial charge in [-0.1, -0.05) is 0 Å². The highest BCUT2D eigenvalue weighted by Gasteiger charge is 2.46. The fourth-order valence-electron chi connectivity index (χ4n) is 2.52. The third-order valence-corrected chi connectivity index (χ3v) is 3.88. The van der Waals surface area contributed by atoms with Crippen molar-refractivity contribution in [2.75, 3.05) is 16.8 Å². The number of nitriles is 1. The molecular formula is C16H12F3N5O2. The van der Waals surface area contributed by atoms with Crippen LogP contribution >= 0.6 is 0 Å². The quantitative estimate of drug-likeness (QED) is 0.811. The Morgan fingerprint density at radius 2 is 1.88 bits per heavy atom. The zero-order valence-electron chi connectivity index (χ0n) is 13.2. The molecular weight excluding hydrogens is 351 g/mol. The first kappa shape index (κ1) is 17.6. The smallest absolute Gasteiger partial charge is 0.368 e. The van der Waals surface area contributed by atoms with Crippen molar-refractivity contribution >= 4 is 23.2 Å². The molecule has 1 fully saturated rings. The second-order valence-electron chi connectivity index (χ2n) is 5.63. The maximum absolute atomic E-state index is 12.8. The van der Waals surface area contributed by atoms with Gasteiger partial charge in [-0.2, -0.15) is 18.4 Å². The van der Waals surface area contributed by atoms with Gasteiger partial charge in [0.15, 0.2) is 0 Å². The summed E-state index contributed by atoms with van der Waals surface area (Å²) >= 11 is 0.